The number of hydrogen-bond donors (Lipinski definition) is 8. The summed E-state index contributed by atoms with van der Waals surface area (Å²) in [7, 11) is 1.25. The number of nitrogens with one attached hydrogen (secondary N) is 1. The van der Waals surface area contributed by atoms with E-state index < -0.39 is 90.9 Å². The Labute approximate surface area is 354 Å². The Kier molecular flexibility index (Phi) is 12.6. The molecule has 0 aromatic carbocycles. The number of amides is 1. The zero-order valence-electron chi connectivity index (χ0n) is 36.8. The molecule has 7 aliphatic rings. The van der Waals surface area contributed by atoms with E-state index in [1.54, 1.807) is 0 Å². The van der Waals surface area contributed by atoms with E-state index in [0.717, 1.165) is 44.9 Å². The van der Waals surface area contributed by atoms with Crippen LogP contribution in [-0.4, -0.2) is 142 Å². The molecular formula is C45H73NO14. The number of rotatable bonds is 9. The lowest BCUT2D eigenvalue weighted by Gasteiger charge is -2.71. The Bertz CT molecular complexity index is 1640. The molecule has 8 N–H and O–H groups in total. The second kappa shape index (κ2) is 16.3. The van der Waals surface area contributed by atoms with E-state index in [1.165, 1.54) is 19.6 Å². The van der Waals surface area contributed by atoms with Gasteiger partial charge in [0.1, 0.15) is 36.6 Å². The second-order valence-corrected chi connectivity index (χ2v) is 21.5. The molecule has 2 saturated heterocycles. The predicted molar refractivity (Wildman–Crippen MR) is 215 cm³/mol. The van der Waals surface area contributed by atoms with E-state index in [1.807, 2.05) is 0 Å². The van der Waals surface area contributed by atoms with Crippen LogP contribution < -0.4 is 5.32 Å². The lowest BCUT2D eigenvalue weighted by molar-refractivity contribution is -0.365. The van der Waals surface area contributed by atoms with Gasteiger partial charge in [0, 0.05) is 5.41 Å². The van der Waals surface area contributed by atoms with Crippen LogP contribution in [0.25, 0.3) is 0 Å². The van der Waals surface area contributed by atoms with Crippen molar-refractivity contribution in [2.45, 2.75) is 180 Å². The fourth-order valence-electron chi connectivity index (χ4n) is 14.0. The van der Waals surface area contributed by atoms with Crippen molar-refractivity contribution in [2.24, 2.45) is 50.2 Å². The molecular weight excluding hydrogens is 778 g/mol. The SMILES string of the molecule is COC(=O)[C@@H](CO)NC(=O)[C@]12CCC(C)(C)C[C@H]1C1=CC[C@@H]3[C@@]4(C)CC[C@H](O[C@@H]5OC[C@H](O)[C@H](O)[C@H]5O[C@@H]5O[C@@H](C)[C@H](O)[C@@H](O)[C@H]5O)[C@@](C)(CO)[C@@H]4CC[C@@]3(C)[C@]1(C)CC2. The smallest absolute Gasteiger partial charge is 0.330 e. The van der Waals surface area contributed by atoms with Gasteiger partial charge in [-0.25, -0.2) is 4.79 Å². The topological polar surface area (TPSA) is 234 Å². The number of carbonyl (C=O) groups excluding carboxylic acids is 2. The summed E-state index contributed by atoms with van der Waals surface area (Å²) < 4.78 is 29.3. The van der Waals surface area contributed by atoms with E-state index in [4.69, 9.17) is 23.7 Å². The van der Waals surface area contributed by atoms with E-state index in [2.05, 4.69) is 52.9 Å². The molecule has 0 aromatic rings. The van der Waals surface area contributed by atoms with E-state index >= 15 is 0 Å². The molecule has 0 aromatic heterocycles. The Hall–Kier alpha value is -1.76. The zero-order chi connectivity index (χ0) is 44.0. The average Bonchev–Trinajstić information content (AvgIpc) is 3.21. The summed E-state index contributed by atoms with van der Waals surface area (Å²) in [6.07, 6.45) is -2.46. The van der Waals surface area contributed by atoms with Gasteiger partial charge in [0.15, 0.2) is 18.6 Å². The number of carbonyl (C=O) groups is 2. The second-order valence-electron chi connectivity index (χ2n) is 21.5. The summed E-state index contributed by atoms with van der Waals surface area (Å²) in [5.41, 5.74) is -0.614. The van der Waals surface area contributed by atoms with Crippen molar-refractivity contribution in [3.63, 3.8) is 0 Å². The molecule has 2 aliphatic heterocycles. The fourth-order valence-corrected chi connectivity index (χ4v) is 14.0. The highest BCUT2D eigenvalue weighted by Crippen LogP contribution is 2.76. The maximum absolute atomic E-state index is 14.4. The number of methoxy groups -OCH3 is 1. The van der Waals surface area contributed by atoms with Crippen LogP contribution in [0.2, 0.25) is 0 Å². The Morgan fingerprint density at radius 1 is 0.850 bits per heavy atom. The van der Waals surface area contributed by atoms with Gasteiger partial charge in [-0.15, -0.1) is 0 Å². The largest absolute Gasteiger partial charge is 0.467 e. The Balaban J connectivity index is 1.15. The normalized spacial score (nSPS) is 50.5. The summed E-state index contributed by atoms with van der Waals surface area (Å²) >= 11 is 0. The molecule has 4 saturated carbocycles. The molecule has 15 nitrogen and oxygen atoms in total. The zero-order valence-corrected chi connectivity index (χ0v) is 36.8. The molecule has 60 heavy (non-hydrogen) atoms. The lowest BCUT2D eigenvalue weighted by Crippen LogP contribution is -2.67. The Morgan fingerprint density at radius 3 is 2.22 bits per heavy atom. The molecule has 0 unspecified atom stereocenters. The summed E-state index contributed by atoms with van der Waals surface area (Å²) in [5.74, 6) is -0.568. The first-order valence-electron chi connectivity index (χ1n) is 22.4. The quantitative estimate of drug-likeness (QED) is 0.0944. The molecule has 342 valence electrons. The Morgan fingerprint density at radius 2 is 1.55 bits per heavy atom. The van der Waals surface area contributed by atoms with Crippen molar-refractivity contribution in [2.75, 3.05) is 26.9 Å². The van der Waals surface area contributed by atoms with Gasteiger partial charge in [-0.3, -0.25) is 4.79 Å². The molecule has 0 radical (unpaired) electrons. The molecule has 6 fully saturated rings. The maximum Gasteiger partial charge on any atom is 0.330 e. The first kappa shape index (κ1) is 46.2. The van der Waals surface area contributed by atoms with Crippen LogP contribution in [0.15, 0.2) is 11.6 Å². The molecule has 7 rings (SSSR count). The van der Waals surface area contributed by atoms with E-state index in [0.29, 0.717) is 19.3 Å². The van der Waals surface area contributed by atoms with E-state index in [-0.39, 0.29) is 58.5 Å². The molecule has 2 heterocycles. The van der Waals surface area contributed by atoms with Gasteiger partial charge in [0.2, 0.25) is 5.91 Å². The number of aliphatic hydroxyl groups excluding tert-OH is 7. The van der Waals surface area contributed by atoms with Gasteiger partial charge in [-0.05, 0) is 111 Å². The highest BCUT2D eigenvalue weighted by molar-refractivity contribution is 5.89. The minimum absolute atomic E-state index is 0.0145. The lowest BCUT2D eigenvalue weighted by atomic mass is 9.33. The summed E-state index contributed by atoms with van der Waals surface area (Å²) in [6.45, 7) is 14.5. The molecule has 0 bridgehead atoms. The number of fused-ring (bicyclic) bond motifs is 7. The predicted octanol–water partition coefficient (Wildman–Crippen LogP) is 2.09. The number of esters is 1. The molecule has 5 aliphatic carbocycles. The van der Waals surface area contributed by atoms with Crippen LogP contribution in [0, 0.1) is 50.2 Å². The van der Waals surface area contributed by atoms with Crippen LogP contribution in [0.3, 0.4) is 0 Å². The van der Waals surface area contributed by atoms with Gasteiger partial charge < -0.3 is 64.7 Å². The van der Waals surface area contributed by atoms with Crippen molar-refractivity contribution in [1.29, 1.82) is 0 Å². The minimum Gasteiger partial charge on any atom is -0.467 e. The van der Waals surface area contributed by atoms with Crippen molar-refractivity contribution in [3.8, 4) is 0 Å². The average molecular weight is 852 g/mol. The number of hydrogen-bond acceptors (Lipinski definition) is 14. The van der Waals surface area contributed by atoms with Crippen molar-refractivity contribution < 1.29 is 69.0 Å². The standard InChI is InChI=1S/C45H73NO14/c1-23-31(50)33(52)34(53)37(58-23)60-35-32(51)27(49)21-57-38(35)59-30-12-13-41(4)28(42(30,5)22-48)11-14-44(7)29(41)10-9-24-25-19-40(2,3)15-17-45(25,18-16-43(24,44)6)39(55)46-26(20-47)36(54)56-8/h9,23,25-35,37-38,47-53H,10-22H2,1-8H3,(H,46,55)/t23-,25-,26+,27-,28+,29+,30-,31-,32-,33+,34+,35+,37-,38-,41-,42-,43+,44+,45-/m0/s1. The van der Waals surface area contributed by atoms with Gasteiger partial charge in [0.25, 0.3) is 0 Å². The first-order valence-corrected chi connectivity index (χ1v) is 22.4. The van der Waals surface area contributed by atoms with Crippen LogP contribution in [0.4, 0.5) is 0 Å². The van der Waals surface area contributed by atoms with Crippen LogP contribution >= 0.6 is 0 Å². The van der Waals surface area contributed by atoms with Crippen LogP contribution in [0.5, 0.6) is 0 Å². The third-order valence-electron chi connectivity index (χ3n) is 18.0. The molecule has 19 atom stereocenters. The van der Waals surface area contributed by atoms with Crippen LogP contribution in [-0.2, 0) is 33.3 Å². The van der Waals surface area contributed by atoms with Gasteiger partial charge in [-0.1, -0.05) is 53.2 Å². The third-order valence-corrected chi connectivity index (χ3v) is 18.0. The van der Waals surface area contributed by atoms with Crippen molar-refractivity contribution in [3.05, 3.63) is 11.6 Å². The number of aliphatic hydroxyl groups is 7. The van der Waals surface area contributed by atoms with Crippen molar-refractivity contribution in [1.82, 2.24) is 5.32 Å². The molecule has 1 amide bonds. The van der Waals surface area contributed by atoms with Gasteiger partial charge in [-0.2, -0.15) is 0 Å². The minimum atomic E-state index is -1.64. The number of ether oxygens (including phenoxy) is 5. The fraction of sp³-hybridized carbons (Fsp3) is 0.911. The maximum atomic E-state index is 14.4. The first-order chi connectivity index (χ1) is 28.1. The monoisotopic (exact) mass is 852 g/mol. The van der Waals surface area contributed by atoms with Gasteiger partial charge in [0.05, 0.1) is 44.6 Å². The number of allylic oxidation sites excluding steroid dienone is 2. The highest BCUT2D eigenvalue weighted by Gasteiger charge is 2.70. The van der Waals surface area contributed by atoms with Crippen molar-refractivity contribution >= 4 is 11.9 Å². The summed E-state index contributed by atoms with van der Waals surface area (Å²) in [4.78, 5) is 26.9. The summed E-state index contributed by atoms with van der Waals surface area (Å²) in [5, 5.41) is 77.5. The van der Waals surface area contributed by atoms with E-state index in [9.17, 15) is 45.3 Å². The highest BCUT2D eigenvalue weighted by atomic mass is 16.8. The van der Waals surface area contributed by atoms with Gasteiger partial charge >= 0.3 is 5.97 Å². The summed E-state index contributed by atoms with van der Waals surface area (Å²) in [6, 6.07) is -1.12. The molecule has 0 spiro atoms. The third kappa shape index (κ3) is 7.12. The van der Waals surface area contributed by atoms with Crippen LogP contribution in [0.1, 0.15) is 113 Å². The molecule has 15 heteroatoms.